The van der Waals surface area contributed by atoms with Gasteiger partial charge in [-0.1, -0.05) is 42.5 Å². The van der Waals surface area contributed by atoms with E-state index in [4.69, 9.17) is 0 Å². The second-order valence-corrected chi connectivity index (χ2v) is 4.97. The highest BCUT2D eigenvalue weighted by Gasteiger charge is 2.30. The molecule has 0 fully saturated rings. The molecule has 0 saturated heterocycles. The van der Waals surface area contributed by atoms with Crippen molar-refractivity contribution in [3.63, 3.8) is 0 Å². The van der Waals surface area contributed by atoms with Gasteiger partial charge in [-0.2, -0.15) is 13.2 Å². The van der Waals surface area contributed by atoms with Crippen LogP contribution in [0.2, 0.25) is 0 Å². The Morgan fingerprint density at radius 1 is 0.833 bits per heavy atom. The van der Waals surface area contributed by atoms with E-state index in [0.29, 0.717) is 5.56 Å². The van der Waals surface area contributed by atoms with Gasteiger partial charge in [0.2, 0.25) is 0 Å². The molecule has 0 atom stereocenters. The molecule has 2 aromatic rings. The SMILES string of the molecule is Cc1ccccc1-c1ccccc1SC(F)(F)F. The fourth-order valence-electron chi connectivity index (χ4n) is 1.78. The lowest BCUT2D eigenvalue weighted by atomic mass is 10.0. The van der Waals surface area contributed by atoms with Gasteiger partial charge in [-0.15, -0.1) is 0 Å². The maximum absolute atomic E-state index is 12.5. The number of halogens is 3. The molecule has 0 aromatic heterocycles. The summed E-state index contributed by atoms with van der Waals surface area (Å²) in [6.45, 7) is 1.89. The molecule has 2 rings (SSSR count). The summed E-state index contributed by atoms with van der Waals surface area (Å²) in [5.41, 5.74) is -1.84. The molecule has 4 heteroatoms. The molecule has 18 heavy (non-hydrogen) atoms. The first-order valence-electron chi connectivity index (χ1n) is 5.38. The molecule has 0 amide bonds. The maximum atomic E-state index is 12.5. The van der Waals surface area contributed by atoms with Crippen LogP contribution < -0.4 is 0 Å². The first-order valence-corrected chi connectivity index (χ1v) is 6.20. The molecular weight excluding hydrogens is 257 g/mol. The van der Waals surface area contributed by atoms with E-state index in [9.17, 15) is 13.2 Å². The van der Waals surface area contributed by atoms with E-state index in [-0.39, 0.29) is 16.7 Å². The van der Waals surface area contributed by atoms with Gasteiger partial charge in [0.1, 0.15) is 0 Å². The summed E-state index contributed by atoms with van der Waals surface area (Å²) < 4.78 is 37.5. The van der Waals surface area contributed by atoms with Gasteiger partial charge in [-0.25, -0.2) is 0 Å². The molecule has 2 aromatic carbocycles. The number of aryl methyl sites for hydroxylation is 1. The summed E-state index contributed by atoms with van der Waals surface area (Å²) >= 11 is -0.0691. The fourth-order valence-corrected chi connectivity index (χ4v) is 2.46. The van der Waals surface area contributed by atoms with Crippen LogP contribution in [-0.2, 0) is 0 Å². The molecule has 0 heterocycles. The van der Waals surface area contributed by atoms with Gasteiger partial charge in [0.05, 0.1) is 0 Å². The Bertz CT molecular complexity index is 547. The number of thioether (sulfide) groups is 1. The third-order valence-electron chi connectivity index (χ3n) is 2.55. The van der Waals surface area contributed by atoms with Crippen LogP contribution in [0.1, 0.15) is 5.56 Å². The van der Waals surface area contributed by atoms with E-state index in [1.54, 1.807) is 18.2 Å². The Labute approximate surface area is 108 Å². The lowest BCUT2D eigenvalue weighted by Gasteiger charge is -2.12. The summed E-state index contributed by atoms with van der Waals surface area (Å²) in [7, 11) is 0. The fraction of sp³-hybridized carbons (Fsp3) is 0.143. The molecular formula is C14H11F3S. The van der Waals surface area contributed by atoms with Crippen molar-refractivity contribution in [2.45, 2.75) is 17.3 Å². The molecule has 0 unspecified atom stereocenters. The summed E-state index contributed by atoms with van der Waals surface area (Å²) in [6, 6.07) is 14.0. The second-order valence-electron chi connectivity index (χ2n) is 3.86. The normalized spacial score (nSPS) is 11.6. The van der Waals surface area contributed by atoms with Crippen LogP contribution in [0.4, 0.5) is 13.2 Å². The standard InChI is InChI=1S/C14H11F3S/c1-10-6-2-3-7-11(10)12-8-4-5-9-13(12)18-14(15,16)17/h2-9H,1H3. The van der Waals surface area contributed by atoms with Gasteiger partial charge in [-0.05, 0) is 41.4 Å². The summed E-state index contributed by atoms with van der Waals surface area (Å²) in [6.07, 6.45) is 0. The van der Waals surface area contributed by atoms with Gasteiger partial charge in [0.25, 0.3) is 0 Å². The molecule has 0 nitrogen and oxygen atoms in total. The van der Waals surface area contributed by atoms with Crippen LogP contribution in [-0.4, -0.2) is 5.51 Å². The lowest BCUT2D eigenvalue weighted by Crippen LogP contribution is -2.00. The van der Waals surface area contributed by atoms with Crippen molar-refractivity contribution in [2.24, 2.45) is 0 Å². The van der Waals surface area contributed by atoms with Crippen LogP contribution in [0.15, 0.2) is 53.4 Å². The van der Waals surface area contributed by atoms with Crippen molar-refractivity contribution in [1.82, 2.24) is 0 Å². The quantitative estimate of drug-likeness (QED) is 0.668. The van der Waals surface area contributed by atoms with Gasteiger partial charge in [0.15, 0.2) is 0 Å². The van der Waals surface area contributed by atoms with Crippen molar-refractivity contribution < 1.29 is 13.2 Å². The Hall–Kier alpha value is -1.42. The summed E-state index contributed by atoms with van der Waals surface area (Å²) in [5.74, 6) is 0. The molecule has 0 aliphatic rings. The van der Waals surface area contributed by atoms with Crippen molar-refractivity contribution >= 4 is 11.8 Å². The van der Waals surface area contributed by atoms with Crippen LogP contribution in [0, 0.1) is 6.92 Å². The first kappa shape index (κ1) is 13.0. The number of rotatable bonds is 2. The molecule has 0 spiro atoms. The minimum Gasteiger partial charge on any atom is -0.160 e. The lowest BCUT2D eigenvalue weighted by molar-refractivity contribution is -0.0327. The van der Waals surface area contributed by atoms with E-state index in [1.807, 2.05) is 31.2 Å². The van der Waals surface area contributed by atoms with Crippen LogP contribution in [0.5, 0.6) is 0 Å². The van der Waals surface area contributed by atoms with Crippen molar-refractivity contribution in [3.8, 4) is 11.1 Å². The van der Waals surface area contributed by atoms with E-state index in [2.05, 4.69) is 0 Å². The smallest absolute Gasteiger partial charge is 0.160 e. The average molecular weight is 268 g/mol. The van der Waals surface area contributed by atoms with E-state index >= 15 is 0 Å². The molecule has 0 aliphatic heterocycles. The molecule has 0 saturated carbocycles. The minimum atomic E-state index is -4.27. The first-order chi connectivity index (χ1) is 8.47. The topological polar surface area (TPSA) is 0 Å². The predicted molar refractivity (Wildman–Crippen MR) is 68.5 cm³/mol. The highest BCUT2D eigenvalue weighted by Crippen LogP contribution is 2.42. The van der Waals surface area contributed by atoms with E-state index in [0.717, 1.165) is 11.1 Å². The van der Waals surface area contributed by atoms with Crippen LogP contribution in [0.25, 0.3) is 11.1 Å². The Balaban J connectivity index is 2.49. The van der Waals surface area contributed by atoms with Crippen molar-refractivity contribution in [1.29, 1.82) is 0 Å². The second kappa shape index (κ2) is 5.06. The zero-order valence-corrected chi connectivity index (χ0v) is 10.5. The molecule has 0 N–H and O–H groups in total. The average Bonchev–Trinajstić information content (AvgIpc) is 2.29. The van der Waals surface area contributed by atoms with Gasteiger partial charge in [-0.3, -0.25) is 0 Å². The van der Waals surface area contributed by atoms with Crippen LogP contribution >= 0.6 is 11.8 Å². The highest BCUT2D eigenvalue weighted by molar-refractivity contribution is 8.00. The maximum Gasteiger partial charge on any atom is 0.446 e. The third kappa shape index (κ3) is 3.07. The number of hydrogen-bond donors (Lipinski definition) is 0. The van der Waals surface area contributed by atoms with Crippen molar-refractivity contribution in [2.75, 3.05) is 0 Å². The number of benzene rings is 2. The molecule has 0 radical (unpaired) electrons. The summed E-state index contributed by atoms with van der Waals surface area (Å²) in [4.78, 5) is 0.235. The molecule has 94 valence electrons. The number of alkyl halides is 3. The molecule has 0 bridgehead atoms. The largest absolute Gasteiger partial charge is 0.446 e. The number of hydrogen-bond acceptors (Lipinski definition) is 1. The Morgan fingerprint density at radius 3 is 2.00 bits per heavy atom. The van der Waals surface area contributed by atoms with Gasteiger partial charge >= 0.3 is 5.51 Å². The summed E-state index contributed by atoms with van der Waals surface area (Å²) in [5, 5.41) is 0. The Morgan fingerprint density at radius 2 is 1.39 bits per heavy atom. The zero-order chi connectivity index (χ0) is 13.2. The molecule has 0 aliphatic carbocycles. The minimum absolute atomic E-state index is 0.0691. The predicted octanol–water partition coefficient (Wildman–Crippen LogP) is 5.27. The van der Waals surface area contributed by atoms with E-state index in [1.165, 1.54) is 6.07 Å². The van der Waals surface area contributed by atoms with Crippen LogP contribution in [0.3, 0.4) is 0 Å². The highest BCUT2D eigenvalue weighted by atomic mass is 32.2. The monoisotopic (exact) mass is 268 g/mol. The third-order valence-corrected chi connectivity index (χ3v) is 3.36. The zero-order valence-electron chi connectivity index (χ0n) is 9.66. The van der Waals surface area contributed by atoms with Gasteiger partial charge < -0.3 is 0 Å². The van der Waals surface area contributed by atoms with Crippen molar-refractivity contribution in [3.05, 3.63) is 54.1 Å². The Kier molecular flexibility index (Phi) is 3.66. The van der Waals surface area contributed by atoms with E-state index < -0.39 is 5.51 Å². The van der Waals surface area contributed by atoms with Gasteiger partial charge in [0, 0.05) is 4.90 Å².